The normalized spacial score (nSPS) is 26.4. The highest BCUT2D eigenvalue weighted by Crippen LogP contribution is 2.26. The number of ether oxygens (including phenoxy) is 6. The summed E-state index contributed by atoms with van der Waals surface area (Å²) in [6.07, 6.45) is 19.5. The Hall–Kier alpha value is -1.76. The molecule has 15 heteroatoms. The lowest BCUT2D eigenvalue weighted by Crippen LogP contribution is -2.61. The van der Waals surface area contributed by atoms with Gasteiger partial charge in [0.25, 0.3) is 0 Å². The lowest BCUT2D eigenvalue weighted by Gasteiger charge is -2.42. The third-order valence-electron chi connectivity index (χ3n) is 12.5. The second-order valence-electron chi connectivity index (χ2n) is 18.4. The molecule has 0 aliphatic carbocycles. The summed E-state index contributed by atoms with van der Waals surface area (Å²) in [5.41, 5.74) is 0. The fourth-order valence-corrected chi connectivity index (χ4v) is 8.21. The number of hydrogen-bond donors (Lipinski definition) is 7. The van der Waals surface area contributed by atoms with E-state index < -0.39 is 92.7 Å². The Labute approximate surface area is 390 Å². The Kier molecular flexibility index (Phi) is 34.8. The van der Waals surface area contributed by atoms with E-state index in [0.717, 1.165) is 57.8 Å². The molecule has 11 atom stereocenters. The highest BCUT2D eigenvalue weighted by molar-refractivity contribution is 5.70. The van der Waals surface area contributed by atoms with Gasteiger partial charge in [0.1, 0.15) is 55.4 Å². The first-order chi connectivity index (χ1) is 31.5. The van der Waals surface area contributed by atoms with Crippen molar-refractivity contribution >= 4 is 11.9 Å². The van der Waals surface area contributed by atoms with Crippen LogP contribution in [-0.4, -0.2) is 142 Å². The standard InChI is InChI=1S/C50H92O15/c1-3-5-7-9-11-13-15-17-19-21-22-24-26-28-30-32-41(52)60-35-38(63-42(53)33-31-29-27-25-23-20-18-16-14-12-10-8-6-4-2)36-61-49-48(59)46(57)44(55)40(65-49)37-62-50-47(58)45(56)43(54)39(34-51)64-50/h16,18,38-40,43-51,54-59H,3-15,17,19-37H2,1-2H3/b18-16-. The molecule has 0 amide bonds. The summed E-state index contributed by atoms with van der Waals surface area (Å²) in [6.45, 7) is 2.59. The number of aliphatic hydroxyl groups is 7. The van der Waals surface area contributed by atoms with Gasteiger partial charge in [-0.05, 0) is 38.5 Å². The van der Waals surface area contributed by atoms with Crippen molar-refractivity contribution in [3.05, 3.63) is 12.2 Å². The van der Waals surface area contributed by atoms with Gasteiger partial charge in [0.15, 0.2) is 18.7 Å². The molecule has 0 aromatic rings. The molecule has 0 aromatic heterocycles. The quantitative estimate of drug-likeness (QED) is 0.0187. The maximum absolute atomic E-state index is 13.0. The van der Waals surface area contributed by atoms with Gasteiger partial charge in [0.2, 0.25) is 0 Å². The summed E-state index contributed by atoms with van der Waals surface area (Å²) >= 11 is 0. The smallest absolute Gasteiger partial charge is 0.306 e. The van der Waals surface area contributed by atoms with E-state index in [-0.39, 0.29) is 26.1 Å². The van der Waals surface area contributed by atoms with E-state index >= 15 is 0 Å². The lowest BCUT2D eigenvalue weighted by atomic mass is 9.98. The van der Waals surface area contributed by atoms with Crippen molar-refractivity contribution in [1.29, 1.82) is 0 Å². The number of aliphatic hydroxyl groups excluding tert-OH is 7. The molecule has 15 nitrogen and oxygen atoms in total. The number of carbonyl (C=O) groups is 2. The zero-order valence-corrected chi connectivity index (χ0v) is 40.2. The van der Waals surface area contributed by atoms with Crippen molar-refractivity contribution < 1.29 is 73.8 Å². The number of carbonyl (C=O) groups excluding carboxylic acids is 2. The van der Waals surface area contributed by atoms with E-state index in [0.29, 0.717) is 12.8 Å². The average Bonchev–Trinajstić information content (AvgIpc) is 3.30. The van der Waals surface area contributed by atoms with Crippen LogP contribution in [0.3, 0.4) is 0 Å². The van der Waals surface area contributed by atoms with Crippen LogP contribution >= 0.6 is 0 Å². The fraction of sp³-hybridized carbons (Fsp3) is 0.920. The van der Waals surface area contributed by atoms with Crippen LogP contribution in [0, 0.1) is 0 Å². The highest BCUT2D eigenvalue weighted by Gasteiger charge is 2.47. The molecule has 65 heavy (non-hydrogen) atoms. The summed E-state index contributed by atoms with van der Waals surface area (Å²) in [6, 6.07) is 0. The maximum atomic E-state index is 13.0. The molecule has 382 valence electrons. The first-order valence-corrected chi connectivity index (χ1v) is 25.8. The predicted octanol–water partition coefficient (Wildman–Crippen LogP) is 6.99. The Morgan fingerprint density at radius 1 is 0.477 bits per heavy atom. The third kappa shape index (κ3) is 26.5. The average molecular weight is 933 g/mol. The number of esters is 2. The molecule has 0 saturated carbocycles. The minimum Gasteiger partial charge on any atom is -0.462 e. The highest BCUT2D eigenvalue weighted by atomic mass is 16.7. The molecule has 0 bridgehead atoms. The van der Waals surface area contributed by atoms with Crippen LogP contribution in [0.25, 0.3) is 0 Å². The maximum Gasteiger partial charge on any atom is 0.306 e. The van der Waals surface area contributed by atoms with Crippen LogP contribution < -0.4 is 0 Å². The SMILES string of the molecule is CCCCCCC/C=C\CCCCCCCC(=O)OC(COC(=O)CCCCCCCCCCCCCCCCC)COC1OC(COC2OC(CO)C(O)C(O)C2O)C(O)C(O)C1O. The van der Waals surface area contributed by atoms with Crippen molar-refractivity contribution in [3.8, 4) is 0 Å². The molecule has 7 N–H and O–H groups in total. The largest absolute Gasteiger partial charge is 0.462 e. The van der Waals surface area contributed by atoms with Gasteiger partial charge < -0.3 is 64.2 Å². The third-order valence-corrected chi connectivity index (χ3v) is 12.5. The van der Waals surface area contributed by atoms with Crippen LogP contribution in [0.4, 0.5) is 0 Å². The van der Waals surface area contributed by atoms with Crippen LogP contribution in [0.1, 0.15) is 200 Å². The van der Waals surface area contributed by atoms with E-state index in [4.69, 9.17) is 28.4 Å². The first kappa shape index (κ1) is 59.4. The summed E-state index contributed by atoms with van der Waals surface area (Å²) < 4.78 is 33.6. The molecule has 2 aliphatic heterocycles. The van der Waals surface area contributed by atoms with Gasteiger partial charge in [-0.15, -0.1) is 0 Å². The molecule has 2 aliphatic rings. The Bertz CT molecular complexity index is 1190. The van der Waals surface area contributed by atoms with Crippen molar-refractivity contribution in [2.24, 2.45) is 0 Å². The van der Waals surface area contributed by atoms with E-state index in [1.165, 1.54) is 103 Å². The fourth-order valence-electron chi connectivity index (χ4n) is 8.21. The van der Waals surface area contributed by atoms with Crippen molar-refractivity contribution in [3.63, 3.8) is 0 Å². The minimum absolute atomic E-state index is 0.159. The minimum atomic E-state index is -1.76. The summed E-state index contributed by atoms with van der Waals surface area (Å²) in [5.74, 6) is -0.925. The zero-order valence-electron chi connectivity index (χ0n) is 40.2. The molecular weight excluding hydrogens is 841 g/mol. The number of rotatable bonds is 40. The predicted molar refractivity (Wildman–Crippen MR) is 248 cm³/mol. The van der Waals surface area contributed by atoms with E-state index in [1.54, 1.807) is 0 Å². The Morgan fingerprint density at radius 3 is 1.35 bits per heavy atom. The zero-order chi connectivity index (χ0) is 47.5. The molecular formula is C50H92O15. The lowest BCUT2D eigenvalue weighted by molar-refractivity contribution is -0.332. The Balaban J connectivity index is 1.81. The van der Waals surface area contributed by atoms with Gasteiger partial charge in [0.05, 0.1) is 19.8 Å². The second kappa shape index (κ2) is 38.1. The molecule has 2 saturated heterocycles. The van der Waals surface area contributed by atoms with Crippen LogP contribution in [0.15, 0.2) is 12.2 Å². The molecule has 2 heterocycles. The molecule has 11 unspecified atom stereocenters. The van der Waals surface area contributed by atoms with Gasteiger partial charge in [-0.3, -0.25) is 9.59 Å². The van der Waals surface area contributed by atoms with Crippen molar-refractivity contribution in [1.82, 2.24) is 0 Å². The van der Waals surface area contributed by atoms with Crippen molar-refractivity contribution in [2.75, 3.05) is 26.4 Å². The van der Waals surface area contributed by atoms with Crippen LogP contribution in [-0.2, 0) is 38.0 Å². The van der Waals surface area contributed by atoms with E-state index in [2.05, 4.69) is 26.0 Å². The van der Waals surface area contributed by atoms with Gasteiger partial charge in [-0.25, -0.2) is 0 Å². The molecule has 2 fully saturated rings. The summed E-state index contributed by atoms with van der Waals surface area (Å²) in [4.78, 5) is 25.7. The number of allylic oxidation sites excluding steroid dienone is 2. The second-order valence-corrected chi connectivity index (χ2v) is 18.4. The monoisotopic (exact) mass is 933 g/mol. The van der Waals surface area contributed by atoms with Gasteiger partial charge >= 0.3 is 11.9 Å². The van der Waals surface area contributed by atoms with Gasteiger partial charge in [0, 0.05) is 12.8 Å². The first-order valence-electron chi connectivity index (χ1n) is 25.8. The molecule has 0 radical (unpaired) electrons. The topological polar surface area (TPSA) is 231 Å². The van der Waals surface area contributed by atoms with Gasteiger partial charge in [-0.1, -0.05) is 161 Å². The van der Waals surface area contributed by atoms with Gasteiger partial charge in [-0.2, -0.15) is 0 Å². The number of hydrogen-bond acceptors (Lipinski definition) is 15. The van der Waals surface area contributed by atoms with E-state index in [9.17, 15) is 45.3 Å². The molecule has 2 rings (SSSR count). The van der Waals surface area contributed by atoms with E-state index in [1.807, 2.05) is 0 Å². The van der Waals surface area contributed by atoms with Crippen molar-refractivity contribution in [2.45, 2.75) is 268 Å². The van der Waals surface area contributed by atoms with Crippen LogP contribution in [0.5, 0.6) is 0 Å². The molecule has 0 aromatic carbocycles. The summed E-state index contributed by atoms with van der Waals surface area (Å²) in [5, 5.41) is 72.0. The number of unbranched alkanes of at least 4 members (excludes halogenated alkanes) is 24. The summed E-state index contributed by atoms with van der Waals surface area (Å²) in [7, 11) is 0. The molecule has 0 spiro atoms. The van der Waals surface area contributed by atoms with Crippen LogP contribution in [0.2, 0.25) is 0 Å². The Morgan fingerprint density at radius 2 is 0.877 bits per heavy atom.